The molecule has 0 unspecified atom stereocenters. The number of rotatable bonds is 6. The van der Waals surface area contributed by atoms with E-state index in [-0.39, 0.29) is 5.41 Å². The second-order valence-electron chi connectivity index (χ2n) is 4.43. The zero-order valence-electron chi connectivity index (χ0n) is 9.62. The van der Waals surface area contributed by atoms with Crippen LogP contribution < -0.4 is 10.6 Å². The van der Waals surface area contributed by atoms with Crippen molar-refractivity contribution in [3.8, 4) is 0 Å². The van der Waals surface area contributed by atoms with Gasteiger partial charge < -0.3 is 15.2 Å². The predicted molar refractivity (Wildman–Crippen MR) is 57.3 cm³/mol. The van der Waals surface area contributed by atoms with Crippen LogP contribution >= 0.6 is 0 Å². The summed E-state index contributed by atoms with van der Waals surface area (Å²) in [5, 5.41) is 12.9. The number of carboxylic acid groups (broad SMARTS) is 1. The van der Waals surface area contributed by atoms with Gasteiger partial charge in [-0.15, -0.1) is 0 Å². The molecule has 1 aliphatic rings. The Hall–Kier alpha value is -1.63. The molecule has 7 nitrogen and oxygen atoms in total. The molecule has 0 atom stereocenters. The highest BCUT2D eigenvalue weighted by atomic mass is 16.5. The summed E-state index contributed by atoms with van der Waals surface area (Å²) in [5.74, 6) is -1.83. The number of aliphatic carboxylic acids is 1. The number of amides is 3. The third-order valence-corrected chi connectivity index (χ3v) is 2.49. The molecule has 0 saturated heterocycles. The highest BCUT2D eigenvalue weighted by Gasteiger charge is 2.37. The number of urea groups is 1. The van der Waals surface area contributed by atoms with Gasteiger partial charge in [0.2, 0.25) is 0 Å². The number of hydrogen-bond acceptors (Lipinski definition) is 4. The average Bonchev–Trinajstić information content (AvgIpc) is 2.94. The van der Waals surface area contributed by atoms with Gasteiger partial charge >= 0.3 is 12.0 Å². The van der Waals surface area contributed by atoms with Crippen molar-refractivity contribution in [1.82, 2.24) is 10.6 Å². The number of carboxylic acids is 1. The summed E-state index contributed by atoms with van der Waals surface area (Å²) in [5.41, 5.74) is 0.167. The maximum atomic E-state index is 11.2. The van der Waals surface area contributed by atoms with Crippen molar-refractivity contribution < 1.29 is 24.2 Å². The number of imide groups is 1. The quantitative estimate of drug-likeness (QED) is 0.595. The highest BCUT2D eigenvalue weighted by molar-refractivity contribution is 5.94. The number of nitrogens with one attached hydrogen (secondary N) is 2. The van der Waals surface area contributed by atoms with Crippen molar-refractivity contribution in [2.75, 3.05) is 19.8 Å². The lowest BCUT2D eigenvalue weighted by Crippen LogP contribution is -2.43. The van der Waals surface area contributed by atoms with Crippen LogP contribution in [0.3, 0.4) is 0 Å². The number of hydrogen-bond donors (Lipinski definition) is 3. The Labute approximate surface area is 98.5 Å². The molecular weight excluding hydrogens is 228 g/mol. The van der Waals surface area contributed by atoms with Crippen molar-refractivity contribution in [2.45, 2.75) is 19.8 Å². The standard InChI is InChI=1S/C10H16N2O5/c1-10(2-3-10)6-11-9(16)12-7(13)4-17-5-8(14)15/h2-6H2,1H3,(H,14,15)(H2,11,12,13,16). The average molecular weight is 244 g/mol. The van der Waals surface area contributed by atoms with Gasteiger partial charge in [-0.3, -0.25) is 10.1 Å². The van der Waals surface area contributed by atoms with E-state index in [1.165, 1.54) is 0 Å². The van der Waals surface area contributed by atoms with Crippen LogP contribution in [-0.4, -0.2) is 42.8 Å². The smallest absolute Gasteiger partial charge is 0.329 e. The van der Waals surface area contributed by atoms with E-state index in [0.29, 0.717) is 6.54 Å². The van der Waals surface area contributed by atoms with Gasteiger partial charge in [0.25, 0.3) is 5.91 Å². The van der Waals surface area contributed by atoms with Crippen LogP contribution in [0.4, 0.5) is 4.79 Å². The first-order chi connectivity index (χ1) is 7.91. The molecule has 0 heterocycles. The van der Waals surface area contributed by atoms with E-state index in [1.54, 1.807) is 0 Å². The van der Waals surface area contributed by atoms with E-state index >= 15 is 0 Å². The van der Waals surface area contributed by atoms with Gasteiger partial charge in [-0.1, -0.05) is 6.92 Å². The second-order valence-corrected chi connectivity index (χ2v) is 4.43. The molecule has 96 valence electrons. The van der Waals surface area contributed by atoms with E-state index in [0.717, 1.165) is 12.8 Å². The summed E-state index contributed by atoms with van der Waals surface area (Å²) in [6.45, 7) is 1.57. The highest BCUT2D eigenvalue weighted by Crippen LogP contribution is 2.43. The summed E-state index contributed by atoms with van der Waals surface area (Å²) in [6.07, 6.45) is 2.14. The third-order valence-electron chi connectivity index (χ3n) is 2.49. The fraction of sp³-hybridized carbons (Fsp3) is 0.700. The van der Waals surface area contributed by atoms with E-state index in [4.69, 9.17) is 5.11 Å². The van der Waals surface area contributed by atoms with E-state index < -0.39 is 31.1 Å². The molecule has 0 aliphatic heterocycles. The van der Waals surface area contributed by atoms with Crippen LogP contribution in [0.1, 0.15) is 19.8 Å². The summed E-state index contributed by atoms with van der Waals surface area (Å²) >= 11 is 0. The Kier molecular flexibility index (Phi) is 4.45. The Morgan fingerprint density at radius 1 is 1.29 bits per heavy atom. The molecular formula is C10H16N2O5. The maximum absolute atomic E-state index is 11.2. The minimum Gasteiger partial charge on any atom is -0.480 e. The monoisotopic (exact) mass is 244 g/mol. The zero-order chi connectivity index (χ0) is 12.9. The van der Waals surface area contributed by atoms with Gasteiger partial charge in [0, 0.05) is 6.54 Å². The molecule has 0 spiro atoms. The first kappa shape index (κ1) is 13.4. The zero-order valence-corrected chi connectivity index (χ0v) is 9.62. The molecule has 1 saturated carbocycles. The summed E-state index contributed by atoms with van der Waals surface area (Å²) in [4.78, 5) is 32.4. The van der Waals surface area contributed by atoms with Crippen molar-refractivity contribution in [3.05, 3.63) is 0 Å². The minimum absolute atomic E-state index is 0.167. The van der Waals surface area contributed by atoms with Gasteiger partial charge in [0.05, 0.1) is 0 Å². The molecule has 0 aromatic rings. The van der Waals surface area contributed by atoms with Crippen LogP contribution in [0.5, 0.6) is 0 Å². The predicted octanol–water partition coefficient (Wildman–Crippen LogP) is -0.286. The number of carbonyl (C=O) groups excluding carboxylic acids is 2. The van der Waals surface area contributed by atoms with Gasteiger partial charge in [0.15, 0.2) is 0 Å². The topological polar surface area (TPSA) is 105 Å². The van der Waals surface area contributed by atoms with Crippen molar-refractivity contribution >= 4 is 17.9 Å². The Morgan fingerprint density at radius 2 is 1.94 bits per heavy atom. The molecule has 7 heteroatoms. The SMILES string of the molecule is CC1(CNC(=O)NC(=O)COCC(=O)O)CC1. The van der Waals surface area contributed by atoms with E-state index in [9.17, 15) is 14.4 Å². The molecule has 3 N–H and O–H groups in total. The molecule has 17 heavy (non-hydrogen) atoms. The van der Waals surface area contributed by atoms with Crippen LogP contribution in [0, 0.1) is 5.41 Å². The molecule has 1 fully saturated rings. The lowest BCUT2D eigenvalue weighted by Gasteiger charge is -2.10. The summed E-state index contributed by atoms with van der Waals surface area (Å²) in [7, 11) is 0. The fourth-order valence-electron chi connectivity index (χ4n) is 1.12. The van der Waals surface area contributed by atoms with Crippen molar-refractivity contribution in [1.29, 1.82) is 0 Å². The second kappa shape index (κ2) is 5.62. The largest absolute Gasteiger partial charge is 0.480 e. The Bertz CT molecular complexity index is 325. The number of ether oxygens (including phenoxy) is 1. The van der Waals surface area contributed by atoms with Crippen LogP contribution in [0.25, 0.3) is 0 Å². The van der Waals surface area contributed by atoms with Gasteiger partial charge in [-0.05, 0) is 18.3 Å². The van der Waals surface area contributed by atoms with Crippen LogP contribution in [0.2, 0.25) is 0 Å². The molecule has 3 amide bonds. The maximum Gasteiger partial charge on any atom is 0.329 e. The summed E-state index contributed by atoms with van der Waals surface area (Å²) in [6, 6.07) is -0.581. The molecule has 1 aliphatic carbocycles. The Balaban J connectivity index is 2.08. The van der Waals surface area contributed by atoms with Crippen LogP contribution in [0.15, 0.2) is 0 Å². The first-order valence-electron chi connectivity index (χ1n) is 5.28. The van der Waals surface area contributed by atoms with Crippen molar-refractivity contribution in [3.63, 3.8) is 0 Å². The third kappa shape index (κ3) is 5.86. The van der Waals surface area contributed by atoms with Gasteiger partial charge in [-0.25, -0.2) is 9.59 Å². The van der Waals surface area contributed by atoms with Gasteiger partial charge in [0.1, 0.15) is 13.2 Å². The lowest BCUT2D eigenvalue weighted by atomic mass is 10.1. The molecule has 1 rings (SSSR count). The van der Waals surface area contributed by atoms with Gasteiger partial charge in [-0.2, -0.15) is 0 Å². The fourth-order valence-corrected chi connectivity index (χ4v) is 1.12. The molecule has 0 bridgehead atoms. The van der Waals surface area contributed by atoms with Crippen molar-refractivity contribution in [2.24, 2.45) is 5.41 Å². The molecule has 0 radical (unpaired) electrons. The van der Waals surface area contributed by atoms with E-state index in [1.807, 2.05) is 12.2 Å². The Morgan fingerprint density at radius 3 is 2.47 bits per heavy atom. The summed E-state index contributed by atoms with van der Waals surface area (Å²) < 4.78 is 4.52. The number of carbonyl (C=O) groups is 3. The van der Waals surface area contributed by atoms with E-state index in [2.05, 4.69) is 10.1 Å². The lowest BCUT2D eigenvalue weighted by molar-refractivity contribution is -0.143. The first-order valence-corrected chi connectivity index (χ1v) is 5.28. The minimum atomic E-state index is -1.16. The van der Waals surface area contributed by atoms with Crippen LogP contribution in [-0.2, 0) is 14.3 Å². The molecule has 0 aromatic heterocycles. The normalized spacial score (nSPS) is 16.1. The molecule has 0 aromatic carbocycles.